The molecule has 3 heterocycles. The lowest BCUT2D eigenvalue weighted by Gasteiger charge is -2.35. The van der Waals surface area contributed by atoms with E-state index in [4.69, 9.17) is 0 Å². The Hall–Kier alpha value is -2.93. The van der Waals surface area contributed by atoms with Crippen LogP contribution in [0.2, 0.25) is 0 Å². The Bertz CT molecular complexity index is 1060. The molecular weight excluding hydrogens is 378 g/mol. The Morgan fingerprint density at radius 2 is 2.00 bits per heavy atom. The molecular formula is C23H29N5O2. The number of aromatic nitrogens is 3. The van der Waals surface area contributed by atoms with Crippen LogP contribution < -0.4 is 11.0 Å². The molecule has 1 aliphatic rings. The van der Waals surface area contributed by atoms with Gasteiger partial charge in [0.1, 0.15) is 6.54 Å². The first-order valence-corrected chi connectivity index (χ1v) is 10.8. The van der Waals surface area contributed by atoms with Crippen LogP contribution in [0.15, 0.2) is 53.5 Å². The van der Waals surface area contributed by atoms with Crippen molar-refractivity contribution in [3.05, 3.63) is 59.1 Å². The Balaban J connectivity index is 1.48. The van der Waals surface area contributed by atoms with E-state index in [1.165, 1.54) is 23.8 Å². The molecule has 30 heavy (non-hydrogen) atoms. The minimum atomic E-state index is -0.257. The normalized spacial score (nSPS) is 17.3. The fourth-order valence-corrected chi connectivity index (χ4v) is 4.40. The maximum absolute atomic E-state index is 13.1. The number of nitrogens with zero attached hydrogens (tertiary/aromatic N) is 4. The van der Waals surface area contributed by atoms with Gasteiger partial charge in [-0.3, -0.25) is 14.3 Å². The van der Waals surface area contributed by atoms with Gasteiger partial charge >= 0.3 is 5.69 Å². The number of nitrogens with one attached hydrogen (secondary N) is 1. The number of imidazole rings is 1. The van der Waals surface area contributed by atoms with E-state index in [-0.39, 0.29) is 18.1 Å². The van der Waals surface area contributed by atoms with Crippen molar-refractivity contribution in [1.82, 2.24) is 24.3 Å². The molecule has 1 saturated heterocycles. The van der Waals surface area contributed by atoms with Crippen LogP contribution in [0, 0.1) is 0 Å². The van der Waals surface area contributed by atoms with Crippen LogP contribution in [0.1, 0.15) is 32.6 Å². The van der Waals surface area contributed by atoms with Crippen LogP contribution >= 0.6 is 0 Å². The highest BCUT2D eigenvalue weighted by atomic mass is 16.2. The third-order valence-corrected chi connectivity index (χ3v) is 5.95. The predicted octanol–water partition coefficient (Wildman–Crippen LogP) is 2.57. The van der Waals surface area contributed by atoms with Crippen LogP contribution in [0.5, 0.6) is 0 Å². The van der Waals surface area contributed by atoms with Crippen LogP contribution in [0.4, 0.5) is 0 Å². The van der Waals surface area contributed by atoms with Crippen molar-refractivity contribution in [1.29, 1.82) is 0 Å². The van der Waals surface area contributed by atoms with Gasteiger partial charge in [-0.05, 0) is 50.1 Å². The monoisotopic (exact) mass is 407 g/mol. The summed E-state index contributed by atoms with van der Waals surface area (Å²) in [5, 5.41) is 2.99. The largest absolute Gasteiger partial charge is 0.353 e. The zero-order valence-electron chi connectivity index (χ0n) is 17.5. The van der Waals surface area contributed by atoms with E-state index in [1.807, 2.05) is 36.4 Å². The van der Waals surface area contributed by atoms with Crippen molar-refractivity contribution in [2.45, 2.75) is 45.2 Å². The van der Waals surface area contributed by atoms with Gasteiger partial charge in [-0.15, -0.1) is 0 Å². The maximum atomic E-state index is 13.1. The summed E-state index contributed by atoms with van der Waals surface area (Å²) in [6.07, 6.45) is 6.57. The number of pyridine rings is 1. The van der Waals surface area contributed by atoms with Gasteiger partial charge in [0, 0.05) is 25.3 Å². The standard InChI is InChI=1S/C23H29N5O2/c1-2-18-9-6-7-15-26(18)16-14-24-21(29)17-27-20-12-8-13-25-22(20)28(23(27)30)19-10-4-3-5-11-19/h3-5,8,10-13,18H,2,6-7,9,14-17H2,1H3,(H,24,29)/t18-/m0/s1. The number of likely N-dealkylation sites (tertiary alicyclic amines) is 1. The fraction of sp³-hybridized carbons (Fsp3) is 0.435. The number of benzene rings is 1. The van der Waals surface area contributed by atoms with Crippen LogP contribution in [-0.4, -0.2) is 50.6 Å². The third kappa shape index (κ3) is 4.16. The Labute approximate surface area is 176 Å². The summed E-state index contributed by atoms with van der Waals surface area (Å²) in [4.78, 5) is 32.6. The zero-order chi connectivity index (χ0) is 20.9. The molecule has 3 aromatic rings. The lowest BCUT2D eigenvalue weighted by molar-refractivity contribution is -0.121. The van der Waals surface area contributed by atoms with Gasteiger partial charge in [-0.25, -0.2) is 14.3 Å². The van der Waals surface area contributed by atoms with E-state index in [2.05, 4.69) is 22.1 Å². The smallest absolute Gasteiger partial charge is 0.335 e. The van der Waals surface area contributed by atoms with Crippen LogP contribution in [-0.2, 0) is 11.3 Å². The number of rotatable bonds is 7. The average molecular weight is 408 g/mol. The minimum absolute atomic E-state index is 0.0158. The summed E-state index contributed by atoms with van der Waals surface area (Å²) in [5.41, 5.74) is 1.69. The maximum Gasteiger partial charge on any atom is 0.335 e. The second-order valence-corrected chi connectivity index (χ2v) is 7.83. The lowest BCUT2D eigenvalue weighted by Crippen LogP contribution is -2.44. The third-order valence-electron chi connectivity index (χ3n) is 5.95. The predicted molar refractivity (Wildman–Crippen MR) is 118 cm³/mol. The lowest BCUT2D eigenvalue weighted by atomic mass is 10.0. The van der Waals surface area contributed by atoms with Crippen LogP contribution in [0.25, 0.3) is 16.9 Å². The van der Waals surface area contributed by atoms with Gasteiger partial charge in [0.05, 0.1) is 11.2 Å². The molecule has 0 unspecified atom stereocenters. The van der Waals surface area contributed by atoms with E-state index >= 15 is 0 Å². The number of amides is 1. The number of carbonyl (C=O) groups is 1. The van der Waals surface area contributed by atoms with E-state index in [0.717, 1.165) is 25.2 Å². The van der Waals surface area contributed by atoms with E-state index in [1.54, 1.807) is 16.8 Å². The summed E-state index contributed by atoms with van der Waals surface area (Å²) >= 11 is 0. The Morgan fingerprint density at radius 1 is 1.17 bits per heavy atom. The van der Waals surface area contributed by atoms with Gasteiger partial charge in [0.25, 0.3) is 0 Å². The molecule has 1 amide bonds. The number of fused-ring (bicyclic) bond motifs is 1. The molecule has 158 valence electrons. The van der Waals surface area contributed by atoms with Gasteiger partial charge in [-0.2, -0.15) is 0 Å². The first-order chi connectivity index (χ1) is 14.7. The molecule has 1 aromatic carbocycles. The molecule has 0 radical (unpaired) electrons. The van der Waals surface area contributed by atoms with Gasteiger partial charge in [0.2, 0.25) is 5.91 Å². The van der Waals surface area contributed by atoms with Gasteiger partial charge < -0.3 is 5.32 Å². The van der Waals surface area contributed by atoms with Crippen molar-refractivity contribution in [2.24, 2.45) is 0 Å². The van der Waals surface area contributed by atoms with Crippen molar-refractivity contribution in [3.63, 3.8) is 0 Å². The van der Waals surface area contributed by atoms with Gasteiger partial charge in [-0.1, -0.05) is 31.5 Å². The Kier molecular flexibility index (Phi) is 6.28. The zero-order valence-corrected chi connectivity index (χ0v) is 17.5. The van der Waals surface area contributed by atoms with Crippen molar-refractivity contribution in [2.75, 3.05) is 19.6 Å². The molecule has 2 aromatic heterocycles. The number of para-hydroxylation sites is 1. The summed E-state index contributed by atoms with van der Waals surface area (Å²) < 4.78 is 3.06. The van der Waals surface area contributed by atoms with Crippen molar-refractivity contribution in [3.8, 4) is 5.69 Å². The first-order valence-electron chi connectivity index (χ1n) is 10.8. The summed E-state index contributed by atoms with van der Waals surface area (Å²) in [5.74, 6) is -0.155. The quantitative estimate of drug-likeness (QED) is 0.653. The first kappa shape index (κ1) is 20.3. The number of hydrogen-bond acceptors (Lipinski definition) is 4. The van der Waals surface area contributed by atoms with Crippen LogP contribution in [0.3, 0.4) is 0 Å². The summed E-state index contributed by atoms with van der Waals surface area (Å²) in [7, 11) is 0. The molecule has 7 heteroatoms. The molecule has 1 aliphatic heterocycles. The molecule has 0 bridgehead atoms. The highest BCUT2D eigenvalue weighted by molar-refractivity contribution is 5.80. The minimum Gasteiger partial charge on any atom is -0.353 e. The van der Waals surface area contributed by atoms with Crippen molar-refractivity contribution < 1.29 is 4.79 Å². The highest BCUT2D eigenvalue weighted by Crippen LogP contribution is 2.18. The average Bonchev–Trinajstić information content (AvgIpc) is 3.06. The molecule has 1 atom stereocenters. The van der Waals surface area contributed by atoms with E-state index in [9.17, 15) is 9.59 Å². The molecule has 7 nitrogen and oxygen atoms in total. The molecule has 0 aliphatic carbocycles. The van der Waals surface area contributed by atoms with E-state index in [0.29, 0.717) is 23.8 Å². The topological polar surface area (TPSA) is 72.2 Å². The molecule has 0 spiro atoms. The van der Waals surface area contributed by atoms with E-state index < -0.39 is 0 Å². The highest BCUT2D eigenvalue weighted by Gasteiger charge is 2.21. The fourth-order valence-electron chi connectivity index (χ4n) is 4.40. The number of hydrogen-bond donors (Lipinski definition) is 1. The molecule has 1 fully saturated rings. The Morgan fingerprint density at radius 3 is 2.80 bits per heavy atom. The number of carbonyl (C=O) groups excluding carboxylic acids is 1. The second-order valence-electron chi connectivity index (χ2n) is 7.83. The summed E-state index contributed by atoms with van der Waals surface area (Å²) in [6.45, 7) is 4.76. The molecule has 0 saturated carbocycles. The van der Waals surface area contributed by atoms with Crippen molar-refractivity contribution >= 4 is 17.1 Å². The molecule has 4 rings (SSSR count). The summed E-state index contributed by atoms with van der Waals surface area (Å²) in [6, 6.07) is 13.6. The van der Waals surface area contributed by atoms with Gasteiger partial charge in [0.15, 0.2) is 5.65 Å². The molecule has 1 N–H and O–H groups in total. The second kappa shape index (κ2) is 9.26. The number of piperidine rings is 1. The SMILES string of the molecule is CC[C@H]1CCCCN1CCNC(=O)Cn1c(=O)n(-c2ccccc2)c2ncccc21.